The van der Waals surface area contributed by atoms with Crippen LogP contribution in [0.25, 0.3) is 10.6 Å². The highest BCUT2D eigenvalue weighted by molar-refractivity contribution is 7.19. The first kappa shape index (κ1) is 14.7. The van der Waals surface area contributed by atoms with E-state index < -0.39 is 0 Å². The summed E-state index contributed by atoms with van der Waals surface area (Å²) in [5.74, 6) is 0.305. The summed E-state index contributed by atoms with van der Waals surface area (Å²) in [5, 5.41) is 13.9. The molecular weight excluding hydrogens is 292 g/mol. The number of nitriles is 1. The Bertz CT molecular complexity index is 699. The molecule has 2 aromatic heterocycles. The second-order valence-electron chi connectivity index (χ2n) is 4.02. The summed E-state index contributed by atoms with van der Waals surface area (Å²) in [6, 6.07) is 5.17. The summed E-state index contributed by atoms with van der Waals surface area (Å²) in [5.41, 5.74) is 0.704. The zero-order valence-corrected chi connectivity index (χ0v) is 12.0. The van der Waals surface area contributed by atoms with Crippen molar-refractivity contribution in [3.8, 4) is 16.7 Å². The molecule has 0 atom stereocenters. The van der Waals surface area contributed by atoms with Crippen molar-refractivity contribution in [2.75, 3.05) is 11.9 Å². The van der Waals surface area contributed by atoms with Crippen LogP contribution in [0.2, 0.25) is 0 Å². The molecule has 0 fully saturated rings. The van der Waals surface area contributed by atoms with Crippen LogP contribution in [0.5, 0.6) is 0 Å². The number of aromatic nitrogens is 1. The fourth-order valence-electron chi connectivity index (χ4n) is 1.64. The van der Waals surface area contributed by atoms with Gasteiger partial charge in [-0.05, 0) is 19.1 Å². The molecule has 2 rings (SSSR count). The van der Waals surface area contributed by atoms with Gasteiger partial charge in [-0.3, -0.25) is 9.59 Å². The zero-order chi connectivity index (χ0) is 15.2. The quantitative estimate of drug-likeness (QED) is 0.626. The average Bonchev–Trinajstić information content (AvgIpc) is 3.06. The van der Waals surface area contributed by atoms with Crippen LogP contribution < -0.4 is 10.6 Å². The summed E-state index contributed by atoms with van der Waals surface area (Å²) in [4.78, 5) is 27.1. The number of nitrogens with zero attached hydrogens (tertiary/aromatic N) is 2. The Hall–Kier alpha value is -2.66. The Morgan fingerprint density at radius 3 is 3.10 bits per heavy atom. The molecular formula is C13H12N4O3S. The number of thiazole rings is 1. The van der Waals surface area contributed by atoms with Gasteiger partial charge < -0.3 is 15.1 Å². The largest absolute Gasteiger partial charge is 0.450 e. The summed E-state index contributed by atoms with van der Waals surface area (Å²) in [6.45, 7) is 2.06. The molecule has 8 heteroatoms. The molecule has 0 saturated heterocycles. The second-order valence-corrected chi connectivity index (χ2v) is 5.02. The smallest absolute Gasteiger partial charge is 0.287 e. The van der Waals surface area contributed by atoms with Gasteiger partial charge in [0.2, 0.25) is 6.41 Å². The molecule has 0 unspecified atom stereocenters. The highest BCUT2D eigenvalue weighted by Gasteiger charge is 2.16. The fraction of sp³-hybridized carbons (Fsp3) is 0.231. The van der Waals surface area contributed by atoms with Gasteiger partial charge in [-0.15, -0.1) is 0 Å². The van der Waals surface area contributed by atoms with E-state index in [0.29, 0.717) is 23.0 Å². The third-order valence-corrected chi connectivity index (χ3v) is 3.66. The first-order valence-electron chi connectivity index (χ1n) is 6.08. The lowest BCUT2D eigenvalue weighted by atomic mass is 10.3. The van der Waals surface area contributed by atoms with Crippen molar-refractivity contribution >= 4 is 28.8 Å². The minimum absolute atomic E-state index is 0.167. The first-order chi connectivity index (χ1) is 10.2. The predicted octanol–water partition coefficient (Wildman–Crippen LogP) is 1.92. The number of hydrogen-bond acceptors (Lipinski definition) is 6. The molecule has 2 amide bonds. The van der Waals surface area contributed by atoms with Gasteiger partial charge in [0.1, 0.15) is 5.76 Å². The maximum Gasteiger partial charge on any atom is 0.287 e. The van der Waals surface area contributed by atoms with Crippen LogP contribution in [-0.4, -0.2) is 23.8 Å². The number of furan rings is 1. The number of amides is 2. The molecule has 2 heterocycles. The van der Waals surface area contributed by atoms with E-state index >= 15 is 0 Å². The molecule has 0 bridgehead atoms. The van der Waals surface area contributed by atoms with Crippen molar-refractivity contribution in [1.29, 1.82) is 5.26 Å². The monoisotopic (exact) mass is 304 g/mol. The number of carbonyl (C=O) groups is 2. The van der Waals surface area contributed by atoms with Crippen molar-refractivity contribution in [2.24, 2.45) is 0 Å². The van der Waals surface area contributed by atoms with Crippen molar-refractivity contribution in [1.82, 2.24) is 10.3 Å². The molecule has 0 radical (unpaired) electrons. The van der Waals surface area contributed by atoms with Crippen molar-refractivity contribution < 1.29 is 14.0 Å². The highest BCUT2D eigenvalue weighted by Crippen LogP contribution is 2.33. The van der Waals surface area contributed by atoms with Gasteiger partial charge in [-0.25, -0.2) is 4.98 Å². The summed E-state index contributed by atoms with van der Waals surface area (Å²) < 4.78 is 5.49. The van der Waals surface area contributed by atoms with E-state index in [1.807, 2.05) is 6.07 Å². The summed E-state index contributed by atoms with van der Waals surface area (Å²) in [6.07, 6.45) is 0.798. The molecule has 21 heavy (non-hydrogen) atoms. The minimum atomic E-state index is -0.370. The third kappa shape index (κ3) is 3.46. The van der Waals surface area contributed by atoms with E-state index in [0.717, 1.165) is 4.88 Å². The number of carbonyl (C=O) groups excluding carboxylic acids is 2. The zero-order valence-electron chi connectivity index (χ0n) is 11.2. The molecule has 0 aliphatic carbocycles. The number of rotatable bonds is 6. The van der Waals surface area contributed by atoms with Crippen LogP contribution in [0.3, 0.4) is 0 Å². The lowest BCUT2D eigenvalue weighted by molar-refractivity contribution is -0.105. The molecule has 2 N–H and O–H groups in total. The number of aryl methyl sites for hydroxylation is 1. The van der Waals surface area contributed by atoms with Crippen molar-refractivity contribution in [3.05, 3.63) is 23.6 Å². The van der Waals surface area contributed by atoms with Crippen LogP contribution in [0.15, 0.2) is 16.5 Å². The van der Waals surface area contributed by atoms with E-state index in [4.69, 9.17) is 9.68 Å². The Balaban J connectivity index is 2.14. The van der Waals surface area contributed by atoms with Gasteiger partial charge in [0, 0.05) is 6.54 Å². The number of nitrogens with one attached hydrogen (secondary N) is 2. The van der Waals surface area contributed by atoms with E-state index in [9.17, 15) is 9.59 Å². The Labute approximate surface area is 124 Å². The first-order valence-corrected chi connectivity index (χ1v) is 6.90. The van der Waals surface area contributed by atoms with Crippen LogP contribution in [-0.2, 0) is 4.79 Å². The highest BCUT2D eigenvalue weighted by atomic mass is 32.1. The molecule has 108 valence electrons. The van der Waals surface area contributed by atoms with Crippen LogP contribution in [0.4, 0.5) is 5.13 Å². The normalized spacial score (nSPS) is 9.90. The van der Waals surface area contributed by atoms with Crippen molar-refractivity contribution in [3.63, 3.8) is 0 Å². The molecule has 0 aliphatic heterocycles. The topological polar surface area (TPSA) is 108 Å². The maximum atomic E-state index is 11.8. The Kier molecular flexibility index (Phi) is 4.68. The van der Waals surface area contributed by atoms with Crippen LogP contribution >= 0.6 is 11.3 Å². The molecule has 7 nitrogen and oxygen atoms in total. The summed E-state index contributed by atoms with van der Waals surface area (Å²) >= 11 is 1.26. The van der Waals surface area contributed by atoms with E-state index in [-0.39, 0.29) is 24.6 Å². The van der Waals surface area contributed by atoms with Crippen molar-refractivity contribution in [2.45, 2.75) is 13.3 Å². The molecule has 2 aromatic rings. The van der Waals surface area contributed by atoms with Gasteiger partial charge >= 0.3 is 0 Å². The van der Waals surface area contributed by atoms with Crippen LogP contribution in [0.1, 0.15) is 22.7 Å². The fourth-order valence-corrected chi connectivity index (χ4v) is 2.52. The number of anilines is 1. The molecule has 0 spiro atoms. The lowest BCUT2D eigenvalue weighted by Crippen LogP contribution is -2.23. The van der Waals surface area contributed by atoms with Gasteiger partial charge in [0.15, 0.2) is 10.9 Å². The molecule has 0 aliphatic rings. The predicted molar refractivity (Wildman–Crippen MR) is 76.8 cm³/mol. The van der Waals surface area contributed by atoms with E-state index in [2.05, 4.69) is 15.6 Å². The standard InChI is InChI=1S/C13H12N4O3S/c1-8-11(21-13(17-8)16-7-18)9-3-4-10(20-9)12(19)15-6-2-5-14/h3-4,7H,2,6H2,1H3,(H,15,19)(H,16,17,18). The maximum absolute atomic E-state index is 11.8. The molecule has 0 saturated carbocycles. The lowest BCUT2D eigenvalue weighted by Gasteiger charge is -1.98. The Morgan fingerprint density at radius 2 is 2.38 bits per heavy atom. The van der Waals surface area contributed by atoms with Gasteiger partial charge in [0.25, 0.3) is 5.91 Å². The molecule has 0 aromatic carbocycles. The van der Waals surface area contributed by atoms with Gasteiger partial charge in [-0.2, -0.15) is 5.26 Å². The summed E-state index contributed by atoms with van der Waals surface area (Å²) in [7, 11) is 0. The minimum Gasteiger partial charge on any atom is -0.450 e. The SMILES string of the molecule is Cc1nc(NC=O)sc1-c1ccc(C(=O)NCCC#N)o1. The number of hydrogen-bond donors (Lipinski definition) is 2. The van der Waals surface area contributed by atoms with Crippen LogP contribution in [0, 0.1) is 18.3 Å². The third-order valence-electron chi connectivity index (χ3n) is 2.55. The van der Waals surface area contributed by atoms with E-state index in [1.54, 1.807) is 19.1 Å². The second kappa shape index (κ2) is 6.67. The van der Waals surface area contributed by atoms with Gasteiger partial charge in [-0.1, -0.05) is 11.3 Å². The van der Waals surface area contributed by atoms with Gasteiger partial charge in [0.05, 0.1) is 23.1 Å². The Morgan fingerprint density at radius 1 is 1.57 bits per heavy atom. The average molecular weight is 304 g/mol. The van der Waals surface area contributed by atoms with E-state index in [1.165, 1.54) is 11.3 Å².